The van der Waals surface area contributed by atoms with Crippen LogP contribution in [0, 0.1) is 11.3 Å². The van der Waals surface area contributed by atoms with Crippen molar-refractivity contribution >= 4 is 5.91 Å². The van der Waals surface area contributed by atoms with Crippen molar-refractivity contribution in [1.29, 1.82) is 5.26 Å². The van der Waals surface area contributed by atoms with Crippen LogP contribution in [-0.2, 0) is 19.1 Å². The van der Waals surface area contributed by atoms with Gasteiger partial charge in [0.25, 0.3) is 5.91 Å². The Balaban J connectivity index is 1.66. The standard InChI is InChI=1S/C24H19F6N5O3/c1-13(23(25,26)27)38-18-4-3-14(10-31)21(37-2)20(18)22(36)34-8-6-17-15(11-34)12-35(33-17)16-5-7-32-19(9-16)24(28,29)30/h3-5,7,9,12-13H,6,8,11H2,1-2H3/t13-/m0/s1. The maximum atomic E-state index is 13.6. The fourth-order valence-electron chi connectivity index (χ4n) is 3.92. The second-order valence-corrected chi connectivity index (χ2v) is 8.35. The zero-order valence-electron chi connectivity index (χ0n) is 19.9. The first kappa shape index (κ1) is 26.8. The molecule has 200 valence electrons. The van der Waals surface area contributed by atoms with Gasteiger partial charge < -0.3 is 14.4 Å². The number of rotatable bonds is 5. The summed E-state index contributed by atoms with van der Waals surface area (Å²) in [6.45, 7) is 0.838. The van der Waals surface area contributed by atoms with Crippen molar-refractivity contribution in [2.24, 2.45) is 0 Å². The number of alkyl halides is 6. The summed E-state index contributed by atoms with van der Waals surface area (Å²) in [6, 6.07) is 6.32. The number of fused-ring (bicyclic) bond motifs is 1. The molecule has 1 amide bonds. The largest absolute Gasteiger partial charge is 0.494 e. The minimum Gasteiger partial charge on any atom is -0.494 e. The van der Waals surface area contributed by atoms with Crippen molar-refractivity contribution in [3.8, 4) is 23.3 Å². The van der Waals surface area contributed by atoms with Gasteiger partial charge in [-0.05, 0) is 31.2 Å². The molecule has 0 radical (unpaired) electrons. The number of benzene rings is 1. The fourth-order valence-corrected chi connectivity index (χ4v) is 3.92. The SMILES string of the molecule is COc1c(C#N)ccc(O[C@@H](C)C(F)(F)F)c1C(=O)N1CCc2nn(-c3ccnc(C(F)(F)F)c3)cc2C1. The lowest BCUT2D eigenvalue weighted by Crippen LogP contribution is -2.37. The van der Waals surface area contributed by atoms with Gasteiger partial charge in [-0.25, -0.2) is 4.68 Å². The van der Waals surface area contributed by atoms with Crippen molar-refractivity contribution < 1.29 is 40.6 Å². The van der Waals surface area contributed by atoms with E-state index in [4.69, 9.17) is 9.47 Å². The lowest BCUT2D eigenvalue weighted by Gasteiger charge is -2.28. The number of nitriles is 1. The molecule has 0 N–H and O–H groups in total. The Morgan fingerprint density at radius 3 is 2.55 bits per heavy atom. The van der Waals surface area contributed by atoms with Crippen LogP contribution in [0.15, 0.2) is 36.7 Å². The molecule has 0 bridgehead atoms. The number of nitrogens with zero attached hydrogens (tertiary/aromatic N) is 5. The molecule has 0 aliphatic carbocycles. The lowest BCUT2D eigenvalue weighted by atomic mass is 10.0. The van der Waals surface area contributed by atoms with Crippen LogP contribution in [0.1, 0.15) is 39.8 Å². The molecule has 14 heteroatoms. The summed E-state index contributed by atoms with van der Waals surface area (Å²) >= 11 is 0. The molecule has 0 fully saturated rings. The van der Waals surface area contributed by atoms with Gasteiger partial charge in [0.15, 0.2) is 11.9 Å². The van der Waals surface area contributed by atoms with Crippen LogP contribution in [0.3, 0.4) is 0 Å². The number of ether oxygens (including phenoxy) is 2. The van der Waals surface area contributed by atoms with E-state index < -0.39 is 35.8 Å². The van der Waals surface area contributed by atoms with E-state index in [1.807, 2.05) is 6.07 Å². The predicted molar refractivity (Wildman–Crippen MR) is 119 cm³/mol. The highest BCUT2D eigenvalue weighted by atomic mass is 19.4. The van der Waals surface area contributed by atoms with Gasteiger partial charge in [0, 0.05) is 37.5 Å². The fraction of sp³-hybridized carbons (Fsp3) is 0.333. The van der Waals surface area contributed by atoms with Crippen LogP contribution in [0.5, 0.6) is 11.5 Å². The highest BCUT2D eigenvalue weighted by molar-refractivity contribution is 6.00. The van der Waals surface area contributed by atoms with E-state index in [1.165, 1.54) is 35.0 Å². The summed E-state index contributed by atoms with van der Waals surface area (Å²) in [5.41, 5.74) is -0.338. The normalized spacial score (nSPS) is 14.4. The molecule has 3 aromatic rings. The Kier molecular flexibility index (Phi) is 6.96. The topological polar surface area (TPSA) is 93.3 Å². The highest BCUT2D eigenvalue weighted by Gasteiger charge is 2.40. The number of aromatic nitrogens is 3. The molecule has 2 aromatic heterocycles. The summed E-state index contributed by atoms with van der Waals surface area (Å²) in [5, 5.41) is 13.7. The first-order chi connectivity index (χ1) is 17.8. The number of pyridine rings is 1. The van der Waals surface area contributed by atoms with E-state index in [2.05, 4.69) is 10.1 Å². The molecule has 1 atom stereocenters. The van der Waals surface area contributed by atoms with E-state index in [9.17, 15) is 36.4 Å². The smallest absolute Gasteiger partial charge is 0.433 e. The van der Waals surface area contributed by atoms with Gasteiger partial charge in [-0.1, -0.05) is 0 Å². The number of methoxy groups -OCH3 is 1. The van der Waals surface area contributed by atoms with Gasteiger partial charge in [0.05, 0.1) is 24.1 Å². The molecule has 38 heavy (non-hydrogen) atoms. The van der Waals surface area contributed by atoms with E-state index in [-0.39, 0.29) is 42.1 Å². The second-order valence-electron chi connectivity index (χ2n) is 8.35. The van der Waals surface area contributed by atoms with Gasteiger partial charge in [0.2, 0.25) is 0 Å². The lowest BCUT2D eigenvalue weighted by molar-refractivity contribution is -0.189. The third-order valence-corrected chi connectivity index (χ3v) is 5.87. The van der Waals surface area contributed by atoms with Crippen molar-refractivity contribution in [2.75, 3.05) is 13.7 Å². The number of amides is 1. The molecule has 3 heterocycles. The molecular weight excluding hydrogens is 520 g/mol. The minimum absolute atomic E-state index is 0.0421. The molecule has 0 saturated carbocycles. The van der Waals surface area contributed by atoms with Gasteiger partial charge in [0.1, 0.15) is 23.1 Å². The van der Waals surface area contributed by atoms with Crippen LogP contribution in [0.4, 0.5) is 26.3 Å². The first-order valence-electron chi connectivity index (χ1n) is 11.1. The summed E-state index contributed by atoms with van der Waals surface area (Å²) in [5.74, 6) is -1.39. The third kappa shape index (κ3) is 5.22. The highest BCUT2D eigenvalue weighted by Crippen LogP contribution is 2.37. The summed E-state index contributed by atoms with van der Waals surface area (Å²) < 4.78 is 90.2. The molecule has 0 unspecified atom stereocenters. The Morgan fingerprint density at radius 1 is 1.18 bits per heavy atom. The molecule has 1 aliphatic heterocycles. The zero-order valence-corrected chi connectivity index (χ0v) is 19.9. The summed E-state index contributed by atoms with van der Waals surface area (Å²) in [6.07, 6.45) is -8.91. The predicted octanol–water partition coefficient (Wildman–Crippen LogP) is 4.69. The van der Waals surface area contributed by atoms with Crippen LogP contribution in [-0.4, -0.2) is 51.5 Å². The summed E-state index contributed by atoms with van der Waals surface area (Å²) in [4.78, 5) is 18.2. The van der Waals surface area contributed by atoms with E-state index in [0.29, 0.717) is 11.3 Å². The van der Waals surface area contributed by atoms with E-state index >= 15 is 0 Å². The molecule has 1 aromatic carbocycles. The third-order valence-electron chi connectivity index (χ3n) is 5.87. The van der Waals surface area contributed by atoms with Gasteiger partial charge >= 0.3 is 12.4 Å². The average molecular weight is 539 g/mol. The Labute approximate surface area is 212 Å². The van der Waals surface area contributed by atoms with Crippen LogP contribution in [0.2, 0.25) is 0 Å². The van der Waals surface area contributed by atoms with Crippen molar-refractivity contribution in [2.45, 2.75) is 38.3 Å². The quantitative estimate of drug-likeness (QED) is 0.437. The van der Waals surface area contributed by atoms with Gasteiger partial charge in [-0.2, -0.15) is 36.7 Å². The summed E-state index contributed by atoms with van der Waals surface area (Å²) in [7, 11) is 1.17. The number of hydrogen-bond donors (Lipinski definition) is 0. The molecule has 0 saturated heterocycles. The Bertz CT molecular complexity index is 1410. The molecule has 1 aliphatic rings. The van der Waals surface area contributed by atoms with Crippen LogP contribution < -0.4 is 9.47 Å². The van der Waals surface area contributed by atoms with Crippen LogP contribution >= 0.6 is 0 Å². The van der Waals surface area contributed by atoms with Crippen molar-refractivity contribution in [1.82, 2.24) is 19.7 Å². The molecular formula is C24H19F6N5O3. The monoisotopic (exact) mass is 539 g/mol. The van der Waals surface area contributed by atoms with E-state index in [0.717, 1.165) is 25.3 Å². The number of hydrogen-bond acceptors (Lipinski definition) is 6. The van der Waals surface area contributed by atoms with Crippen molar-refractivity contribution in [3.05, 3.63) is 64.7 Å². The maximum Gasteiger partial charge on any atom is 0.433 e. The Hall–Kier alpha value is -4.28. The van der Waals surface area contributed by atoms with E-state index in [1.54, 1.807) is 0 Å². The first-order valence-corrected chi connectivity index (χ1v) is 11.1. The molecule has 4 rings (SSSR count). The van der Waals surface area contributed by atoms with Crippen molar-refractivity contribution in [3.63, 3.8) is 0 Å². The second kappa shape index (κ2) is 9.88. The molecule has 8 nitrogen and oxygen atoms in total. The van der Waals surface area contributed by atoms with Gasteiger partial charge in [-0.3, -0.25) is 9.78 Å². The Morgan fingerprint density at radius 2 is 1.92 bits per heavy atom. The van der Waals surface area contributed by atoms with Gasteiger partial charge in [-0.15, -0.1) is 0 Å². The van der Waals surface area contributed by atoms with Crippen LogP contribution in [0.25, 0.3) is 5.69 Å². The maximum absolute atomic E-state index is 13.6. The average Bonchev–Trinajstić information content (AvgIpc) is 3.30. The molecule has 0 spiro atoms. The number of carbonyl (C=O) groups excluding carboxylic acids is 1. The number of carbonyl (C=O) groups is 1. The number of halogens is 6. The minimum atomic E-state index is -4.71. The zero-order chi connectivity index (χ0) is 27.8.